The Hall–Kier alpha value is -1.62. The highest BCUT2D eigenvalue weighted by Gasteiger charge is 2.11. The van der Waals surface area contributed by atoms with Crippen molar-refractivity contribution in [2.75, 3.05) is 5.32 Å². The molecule has 0 aliphatic carbocycles. The van der Waals surface area contributed by atoms with Gasteiger partial charge < -0.3 is 5.32 Å². The highest BCUT2D eigenvalue weighted by atomic mass is 35.5. The van der Waals surface area contributed by atoms with E-state index in [1.807, 2.05) is 36.4 Å². The Morgan fingerprint density at radius 3 is 2.48 bits per heavy atom. The maximum atomic E-state index is 11.4. The Kier molecular flexibility index (Phi) is 4.10. The van der Waals surface area contributed by atoms with Crippen LogP contribution in [0.15, 0.2) is 48.5 Å². The topological polar surface area (TPSA) is 42.0 Å². The van der Waals surface area contributed by atoms with Gasteiger partial charge >= 0.3 is 0 Å². The minimum Gasteiger partial charge on any atom is -0.324 e. The molecule has 0 radical (unpaired) electrons. The summed E-state index contributed by atoms with van der Waals surface area (Å²) in [4.78, 5) is 14.9. The summed E-state index contributed by atoms with van der Waals surface area (Å²) in [7, 11) is 0. The number of para-hydroxylation sites is 1. The van der Waals surface area contributed by atoms with E-state index in [1.165, 1.54) is 0 Å². The number of hydrogen-bond acceptors (Lipinski definition) is 3. The Morgan fingerprint density at radius 1 is 1.10 bits per heavy atom. The Morgan fingerprint density at radius 2 is 1.81 bits per heavy atom. The van der Waals surface area contributed by atoms with Crippen LogP contribution in [0.1, 0.15) is 0 Å². The van der Waals surface area contributed by atoms with Crippen LogP contribution < -0.4 is 5.32 Å². The fourth-order valence-corrected chi connectivity index (χ4v) is 2.97. The van der Waals surface area contributed by atoms with Crippen molar-refractivity contribution in [3.8, 4) is 10.6 Å². The maximum absolute atomic E-state index is 11.4. The lowest BCUT2D eigenvalue weighted by Crippen LogP contribution is -2.18. The molecule has 21 heavy (non-hydrogen) atoms. The minimum atomic E-state index is -1.08. The van der Waals surface area contributed by atoms with Gasteiger partial charge in [-0.05, 0) is 36.4 Å². The lowest BCUT2D eigenvalue weighted by molar-refractivity contribution is -0.114. The molecule has 0 atom stereocenters. The zero-order valence-corrected chi connectivity index (χ0v) is 13.0. The van der Waals surface area contributed by atoms with Gasteiger partial charge in [0.2, 0.25) is 0 Å². The minimum absolute atomic E-state index is 0.439. The van der Waals surface area contributed by atoms with E-state index < -0.39 is 10.7 Å². The van der Waals surface area contributed by atoms with Crippen LogP contribution in [0.2, 0.25) is 0 Å². The number of halogens is 2. The molecule has 1 amide bonds. The number of nitrogens with zero attached hydrogens (tertiary/aromatic N) is 1. The normalized spacial score (nSPS) is 11.0. The number of benzene rings is 2. The average Bonchev–Trinajstić information content (AvgIpc) is 2.91. The van der Waals surface area contributed by atoms with E-state index in [2.05, 4.69) is 10.3 Å². The second-order valence-electron chi connectivity index (χ2n) is 4.35. The molecule has 0 aliphatic rings. The van der Waals surface area contributed by atoms with Crippen molar-refractivity contribution in [3.63, 3.8) is 0 Å². The zero-order chi connectivity index (χ0) is 14.8. The fourth-order valence-electron chi connectivity index (χ4n) is 1.89. The van der Waals surface area contributed by atoms with E-state index in [9.17, 15) is 4.79 Å². The molecule has 1 N–H and O–H groups in total. The van der Waals surface area contributed by atoms with E-state index in [-0.39, 0.29) is 0 Å². The van der Waals surface area contributed by atoms with E-state index in [4.69, 9.17) is 23.2 Å². The maximum Gasteiger partial charge on any atom is 0.257 e. The number of alkyl halides is 2. The van der Waals surface area contributed by atoms with Gasteiger partial charge in [0.1, 0.15) is 5.01 Å². The fraction of sp³-hybridized carbons (Fsp3) is 0.0667. The summed E-state index contributed by atoms with van der Waals surface area (Å²) < 4.78 is 1.15. The number of aromatic nitrogens is 1. The summed E-state index contributed by atoms with van der Waals surface area (Å²) in [5, 5.41) is 3.57. The van der Waals surface area contributed by atoms with E-state index in [0.29, 0.717) is 5.69 Å². The van der Waals surface area contributed by atoms with E-state index in [1.54, 1.807) is 23.5 Å². The lowest BCUT2D eigenvalue weighted by Gasteiger charge is -2.05. The molecule has 3 nitrogen and oxygen atoms in total. The molecule has 6 heteroatoms. The molecule has 0 bridgehead atoms. The van der Waals surface area contributed by atoms with Gasteiger partial charge in [0.15, 0.2) is 4.84 Å². The van der Waals surface area contributed by atoms with Gasteiger partial charge in [-0.1, -0.05) is 35.3 Å². The van der Waals surface area contributed by atoms with Gasteiger partial charge in [0.05, 0.1) is 10.2 Å². The third-order valence-corrected chi connectivity index (χ3v) is 4.37. The van der Waals surface area contributed by atoms with Crippen LogP contribution in [-0.4, -0.2) is 15.7 Å². The van der Waals surface area contributed by atoms with Crippen molar-refractivity contribution >= 4 is 56.3 Å². The van der Waals surface area contributed by atoms with Gasteiger partial charge in [-0.25, -0.2) is 4.98 Å². The molecule has 0 aliphatic heterocycles. The summed E-state index contributed by atoms with van der Waals surface area (Å²) in [5.41, 5.74) is 2.64. The lowest BCUT2D eigenvalue weighted by atomic mass is 10.2. The molecule has 2 aromatic carbocycles. The van der Waals surface area contributed by atoms with Crippen molar-refractivity contribution < 1.29 is 4.79 Å². The number of fused-ring (bicyclic) bond motifs is 1. The van der Waals surface area contributed by atoms with Gasteiger partial charge in [-0.3, -0.25) is 4.79 Å². The first kappa shape index (κ1) is 14.3. The molecule has 1 heterocycles. The van der Waals surface area contributed by atoms with Gasteiger partial charge in [-0.2, -0.15) is 0 Å². The number of hydrogen-bond donors (Lipinski definition) is 1. The van der Waals surface area contributed by atoms with Gasteiger partial charge in [-0.15, -0.1) is 11.3 Å². The van der Waals surface area contributed by atoms with Gasteiger partial charge in [0.25, 0.3) is 5.91 Å². The molecule has 0 fully saturated rings. The second-order valence-corrected chi connectivity index (χ2v) is 6.48. The Balaban J connectivity index is 1.85. The summed E-state index contributed by atoms with van der Waals surface area (Å²) in [6.07, 6.45) is 0. The molecular formula is C15H10Cl2N2OS. The predicted octanol–water partition coefficient (Wildman–Crippen LogP) is 4.71. The van der Waals surface area contributed by atoms with Crippen LogP contribution >= 0.6 is 34.5 Å². The van der Waals surface area contributed by atoms with E-state index in [0.717, 1.165) is 20.8 Å². The molecule has 0 saturated carbocycles. The Bertz CT molecular complexity index is 751. The summed E-state index contributed by atoms with van der Waals surface area (Å²) in [6, 6.07) is 15.4. The molecular weight excluding hydrogens is 327 g/mol. The molecule has 0 unspecified atom stereocenters. The molecule has 1 aromatic heterocycles. The first-order valence-electron chi connectivity index (χ1n) is 6.18. The van der Waals surface area contributed by atoms with Crippen molar-refractivity contribution in [1.82, 2.24) is 4.98 Å². The second kappa shape index (κ2) is 6.02. The molecule has 3 rings (SSSR count). The highest BCUT2D eigenvalue weighted by Crippen LogP contribution is 2.30. The number of anilines is 1. The highest BCUT2D eigenvalue weighted by molar-refractivity contribution is 7.21. The summed E-state index contributed by atoms with van der Waals surface area (Å²) >= 11 is 12.6. The number of amides is 1. The first-order valence-corrected chi connectivity index (χ1v) is 7.87. The summed E-state index contributed by atoms with van der Waals surface area (Å²) in [5.74, 6) is -0.439. The van der Waals surface area contributed by atoms with Crippen molar-refractivity contribution in [2.24, 2.45) is 0 Å². The third-order valence-electron chi connectivity index (χ3n) is 2.89. The van der Waals surface area contributed by atoms with E-state index >= 15 is 0 Å². The molecule has 0 saturated heterocycles. The van der Waals surface area contributed by atoms with Crippen LogP contribution in [0.4, 0.5) is 5.69 Å². The van der Waals surface area contributed by atoms with Crippen LogP contribution in [0.5, 0.6) is 0 Å². The number of carbonyl (C=O) groups excluding carboxylic acids is 1. The predicted molar refractivity (Wildman–Crippen MR) is 89.2 cm³/mol. The summed E-state index contributed by atoms with van der Waals surface area (Å²) in [6.45, 7) is 0. The van der Waals surface area contributed by atoms with Crippen LogP contribution in [-0.2, 0) is 4.79 Å². The number of nitrogens with one attached hydrogen (secondary N) is 1. The van der Waals surface area contributed by atoms with Crippen LogP contribution in [0.25, 0.3) is 20.8 Å². The quantitative estimate of drug-likeness (QED) is 0.704. The standard InChI is InChI=1S/C15H10Cl2N2OS/c16-13(17)14(20)18-10-7-5-9(6-8-10)15-19-11-3-1-2-4-12(11)21-15/h1-8,13H,(H,18,20). The zero-order valence-electron chi connectivity index (χ0n) is 10.7. The number of carbonyl (C=O) groups is 1. The first-order chi connectivity index (χ1) is 10.1. The molecule has 3 aromatic rings. The van der Waals surface area contributed by atoms with Gasteiger partial charge in [0, 0.05) is 11.3 Å². The molecule has 0 spiro atoms. The molecule has 106 valence electrons. The smallest absolute Gasteiger partial charge is 0.257 e. The van der Waals surface area contributed by atoms with Crippen molar-refractivity contribution in [1.29, 1.82) is 0 Å². The average molecular weight is 337 g/mol. The monoisotopic (exact) mass is 336 g/mol. The van der Waals surface area contributed by atoms with Crippen LogP contribution in [0, 0.1) is 0 Å². The van der Waals surface area contributed by atoms with Crippen molar-refractivity contribution in [2.45, 2.75) is 4.84 Å². The van der Waals surface area contributed by atoms with Crippen molar-refractivity contribution in [3.05, 3.63) is 48.5 Å². The number of rotatable bonds is 3. The SMILES string of the molecule is O=C(Nc1ccc(-c2nc3ccccc3s2)cc1)C(Cl)Cl. The van der Waals surface area contributed by atoms with Crippen LogP contribution in [0.3, 0.4) is 0 Å². The third kappa shape index (κ3) is 3.18. The number of thiazole rings is 1. The Labute approximate surface area is 135 Å². The largest absolute Gasteiger partial charge is 0.324 e.